The van der Waals surface area contributed by atoms with E-state index in [9.17, 15) is 19.2 Å². The SMILES string of the molecule is CCNC(=O)NC(=O)COC(=O)CNC(=O)c1cccc(C)c1. The highest BCUT2D eigenvalue weighted by Gasteiger charge is 2.12. The van der Waals surface area contributed by atoms with Crippen molar-refractivity contribution in [3.63, 3.8) is 0 Å². The van der Waals surface area contributed by atoms with E-state index in [1.54, 1.807) is 25.1 Å². The van der Waals surface area contributed by atoms with Gasteiger partial charge in [0.2, 0.25) is 0 Å². The van der Waals surface area contributed by atoms with Crippen molar-refractivity contribution in [3.8, 4) is 0 Å². The Morgan fingerprint density at radius 3 is 2.52 bits per heavy atom. The first-order valence-electron chi connectivity index (χ1n) is 7.00. The number of rotatable bonds is 6. The fourth-order valence-corrected chi connectivity index (χ4v) is 1.61. The van der Waals surface area contributed by atoms with Crippen LogP contribution in [0, 0.1) is 6.92 Å². The molecular weight excluding hydrogens is 302 g/mol. The van der Waals surface area contributed by atoms with E-state index in [4.69, 9.17) is 0 Å². The zero-order valence-electron chi connectivity index (χ0n) is 13.0. The van der Waals surface area contributed by atoms with E-state index in [1.165, 1.54) is 0 Å². The Hall–Kier alpha value is -2.90. The summed E-state index contributed by atoms with van der Waals surface area (Å²) in [4.78, 5) is 45.6. The zero-order chi connectivity index (χ0) is 17.2. The zero-order valence-corrected chi connectivity index (χ0v) is 13.0. The third-order valence-electron chi connectivity index (χ3n) is 2.63. The Morgan fingerprint density at radius 1 is 1.13 bits per heavy atom. The molecule has 0 aliphatic rings. The van der Waals surface area contributed by atoms with Gasteiger partial charge in [-0.1, -0.05) is 17.7 Å². The highest BCUT2D eigenvalue weighted by atomic mass is 16.5. The molecule has 0 aliphatic heterocycles. The summed E-state index contributed by atoms with van der Waals surface area (Å²) in [5, 5.41) is 6.72. The molecule has 0 unspecified atom stereocenters. The van der Waals surface area contributed by atoms with Crippen LogP contribution in [0.4, 0.5) is 4.79 Å². The van der Waals surface area contributed by atoms with Gasteiger partial charge in [0.1, 0.15) is 6.54 Å². The molecule has 0 aromatic heterocycles. The maximum Gasteiger partial charge on any atom is 0.325 e. The Bertz CT molecular complexity index is 601. The topological polar surface area (TPSA) is 114 Å². The number of nitrogens with one attached hydrogen (secondary N) is 3. The van der Waals surface area contributed by atoms with Crippen LogP contribution >= 0.6 is 0 Å². The minimum absolute atomic E-state index is 0.365. The molecule has 0 spiro atoms. The molecule has 1 aromatic carbocycles. The van der Waals surface area contributed by atoms with Crippen LogP contribution in [0.2, 0.25) is 0 Å². The van der Waals surface area contributed by atoms with E-state index in [1.807, 2.05) is 18.3 Å². The van der Waals surface area contributed by atoms with Crippen LogP contribution in [0.15, 0.2) is 24.3 Å². The number of aryl methyl sites for hydroxylation is 1. The maximum atomic E-state index is 11.8. The second kappa shape index (κ2) is 9.19. The van der Waals surface area contributed by atoms with Crippen LogP contribution < -0.4 is 16.0 Å². The summed E-state index contributed by atoms with van der Waals surface area (Å²) in [6, 6.07) is 6.21. The summed E-state index contributed by atoms with van der Waals surface area (Å²) < 4.78 is 4.65. The molecule has 3 N–H and O–H groups in total. The van der Waals surface area contributed by atoms with E-state index >= 15 is 0 Å². The Morgan fingerprint density at radius 2 is 1.87 bits per heavy atom. The molecule has 0 bridgehead atoms. The molecule has 0 saturated carbocycles. The molecule has 0 fully saturated rings. The van der Waals surface area contributed by atoms with Gasteiger partial charge in [-0.2, -0.15) is 0 Å². The monoisotopic (exact) mass is 321 g/mol. The first kappa shape index (κ1) is 18.1. The maximum absolute atomic E-state index is 11.8. The molecule has 0 heterocycles. The summed E-state index contributed by atoms with van der Waals surface area (Å²) in [5.41, 5.74) is 1.34. The third-order valence-corrected chi connectivity index (χ3v) is 2.63. The molecule has 23 heavy (non-hydrogen) atoms. The van der Waals surface area contributed by atoms with Gasteiger partial charge in [0, 0.05) is 12.1 Å². The van der Waals surface area contributed by atoms with Gasteiger partial charge in [0.15, 0.2) is 6.61 Å². The lowest BCUT2D eigenvalue weighted by molar-refractivity contribution is -0.147. The quantitative estimate of drug-likeness (QED) is 0.644. The average molecular weight is 321 g/mol. The van der Waals surface area contributed by atoms with E-state index in [-0.39, 0.29) is 6.54 Å². The smallest absolute Gasteiger partial charge is 0.325 e. The minimum atomic E-state index is -0.781. The molecule has 1 rings (SSSR count). The number of ether oxygens (including phenoxy) is 1. The molecule has 0 radical (unpaired) electrons. The lowest BCUT2D eigenvalue weighted by atomic mass is 10.1. The van der Waals surface area contributed by atoms with Crippen LogP contribution in [-0.2, 0) is 14.3 Å². The van der Waals surface area contributed by atoms with Gasteiger partial charge >= 0.3 is 12.0 Å². The summed E-state index contributed by atoms with van der Waals surface area (Å²) in [6.07, 6.45) is 0. The van der Waals surface area contributed by atoms with Gasteiger partial charge in [-0.25, -0.2) is 4.79 Å². The summed E-state index contributed by atoms with van der Waals surface area (Å²) in [7, 11) is 0. The van der Waals surface area contributed by atoms with E-state index < -0.39 is 30.4 Å². The number of hydrogen-bond acceptors (Lipinski definition) is 5. The number of carbonyl (C=O) groups is 4. The van der Waals surface area contributed by atoms with E-state index in [0.717, 1.165) is 5.56 Å². The molecule has 4 amide bonds. The molecule has 0 saturated heterocycles. The van der Waals surface area contributed by atoms with Crippen molar-refractivity contribution in [3.05, 3.63) is 35.4 Å². The van der Waals surface area contributed by atoms with Gasteiger partial charge in [0.25, 0.3) is 11.8 Å². The molecule has 124 valence electrons. The number of carbonyl (C=O) groups excluding carboxylic acids is 4. The Balaban J connectivity index is 2.30. The third kappa shape index (κ3) is 7.07. The van der Waals surface area contributed by atoms with Crippen LogP contribution in [-0.4, -0.2) is 43.5 Å². The van der Waals surface area contributed by atoms with Crippen LogP contribution in [0.1, 0.15) is 22.8 Å². The molecule has 0 aliphatic carbocycles. The van der Waals surface area contributed by atoms with E-state index in [0.29, 0.717) is 12.1 Å². The second-order valence-electron chi connectivity index (χ2n) is 4.62. The van der Waals surface area contributed by atoms with Gasteiger partial charge in [-0.3, -0.25) is 19.7 Å². The molecule has 8 nitrogen and oxygen atoms in total. The van der Waals surface area contributed by atoms with Crippen LogP contribution in [0.25, 0.3) is 0 Å². The number of esters is 1. The Kier molecular flexibility index (Phi) is 7.25. The predicted octanol–water partition coefficient (Wildman–Crippen LogP) is 0.114. The first-order valence-corrected chi connectivity index (χ1v) is 7.00. The summed E-state index contributed by atoms with van der Waals surface area (Å²) >= 11 is 0. The van der Waals surface area contributed by atoms with E-state index in [2.05, 4.69) is 15.4 Å². The lowest BCUT2D eigenvalue weighted by Crippen LogP contribution is -2.41. The summed E-state index contributed by atoms with van der Waals surface area (Å²) in [5.74, 6) is -1.95. The first-order chi connectivity index (χ1) is 10.9. The Labute approximate surface area is 133 Å². The molecule has 1 aromatic rings. The number of benzene rings is 1. The van der Waals surface area contributed by atoms with Gasteiger partial charge < -0.3 is 15.4 Å². The van der Waals surface area contributed by atoms with Crippen molar-refractivity contribution in [2.24, 2.45) is 0 Å². The fraction of sp³-hybridized carbons (Fsp3) is 0.333. The second-order valence-corrected chi connectivity index (χ2v) is 4.62. The van der Waals surface area contributed by atoms with Crippen molar-refractivity contribution in [1.29, 1.82) is 0 Å². The molecule has 8 heteroatoms. The molecule has 0 atom stereocenters. The normalized spacial score (nSPS) is 9.65. The number of hydrogen-bond donors (Lipinski definition) is 3. The molecular formula is C15H19N3O5. The lowest BCUT2D eigenvalue weighted by Gasteiger charge is -2.07. The summed E-state index contributed by atoms with van der Waals surface area (Å²) in [6.45, 7) is 2.93. The standard InChI is InChI=1S/C15H19N3O5/c1-3-16-15(22)18-12(19)9-23-13(20)8-17-14(21)11-6-4-5-10(2)7-11/h4-7H,3,8-9H2,1-2H3,(H,17,21)(H2,16,18,19,22). The fourth-order valence-electron chi connectivity index (χ4n) is 1.61. The van der Waals surface area contributed by atoms with Crippen molar-refractivity contribution in [2.45, 2.75) is 13.8 Å². The largest absolute Gasteiger partial charge is 0.454 e. The van der Waals surface area contributed by atoms with Crippen molar-refractivity contribution in [2.75, 3.05) is 19.7 Å². The highest BCUT2D eigenvalue weighted by molar-refractivity contribution is 5.97. The van der Waals surface area contributed by atoms with Gasteiger partial charge in [0.05, 0.1) is 0 Å². The van der Waals surface area contributed by atoms with Crippen LogP contribution in [0.3, 0.4) is 0 Å². The number of urea groups is 1. The number of amides is 4. The van der Waals surface area contributed by atoms with Crippen molar-refractivity contribution < 1.29 is 23.9 Å². The predicted molar refractivity (Wildman–Crippen MR) is 81.7 cm³/mol. The van der Waals surface area contributed by atoms with Gasteiger partial charge in [-0.05, 0) is 26.0 Å². The highest BCUT2D eigenvalue weighted by Crippen LogP contribution is 2.03. The number of imide groups is 1. The van der Waals surface area contributed by atoms with Gasteiger partial charge in [-0.15, -0.1) is 0 Å². The van der Waals surface area contributed by atoms with Crippen molar-refractivity contribution in [1.82, 2.24) is 16.0 Å². The average Bonchev–Trinajstić information content (AvgIpc) is 2.50. The van der Waals surface area contributed by atoms with Crippen molar-refractivity contribution >= 4 is 23.8 Å². The van der Waals surface area contributed by atoms with Crippen LogP contribution in [0.5, 0.6) is 0 Å². The minimum Gasteiger partial charge on any atom is -0.454 e.